The van der Waals surface area contributed by atoms with E-state index >= 15 is 0 Å². The summed E-state index contributed by atoms with van der Waals surface area (Å²) in [7, 11) is 0. The van der Waals surface area contributed by atoms with Crippen molar-refractivity contribution >= 4 is 21.7 Å². The minimum Gasteiger partial charge on any atom is -0.366 e. The summed E-state index contributed by atoms with van der Waals surface area (Å²) in [4.78, 5) is 4.32. The summed E-state index contributed by atoms with van der Waals surface area (Å²) in [5.74, 6) is 0.965. The Morgan fingerprint density at radius 2 is 2.33 bits per heavy atom. The fourth-order valence-electron chi connectivity index (χ4n) is 1.81. The lowest BCUT2D eigenvalue weighted by Crippen LogP contribution is -2.31. The quantitative estimate of drug-likeness (QED) is 0.866. The minimum absolute atomic E-state index is 0.515. The van der Waals surface area contributed by atoms with Gasteiger partial charge >= 0.3 is 0 Å². The second-order valence-electron chi connectivity index (χ2n) is 3.90. The highest BCUT2D eigenvalue weighted by molar-refractivity contribution is 9.10. The van der Waals surface area contributed by atoms with Crippen molar-refractivity contribution in [3.8, 4) is 0 Å². The normalized spacial score (nSPS) is 22.1. The number of anilines is 1. The van der Waals surface area contributed by atoms with E-state index in [4.69, 9.17) is 0 Å². The topological polar surface area (TPSA) is 37.0 Å². The first-order valence-electron chi connectivity index (χ1n) is 5.43. The Labute approximate surface area is 98.8 Å². The van der Waals surface area contributed by atoms with Crippen molar-refractivity contribution in [2.45, 2.75) is 25.3 Å². The van der Waals surface area contributed by atoms with Crippen LogP contribution in [0.1, 0.15) is 19.3 Å². The number of pyridine rings is 1. The average Bonchev–Trinajstić information content (AvgIpc) is 2.50. The van der Waals surface area contributed by atoms with Gasteiger partial charge in [0, 0.05) is 23.3 Å². The Morgan fingerprint density at radius 3 is 3.13 bits per heavy atom. The van der Waals surface area contributed by atoms with Crippen LogP contribution in [0.3, 0.4) is 0 Å². The molecule has 1 aliphatic rings. The summed E-state index contributed by atoms with van der Waals surface area (Å²) >= 11 is 3.38. The summed E-state index contributed by atoms with van der Waals surface area (Å²) in [6, 6.07) is 4.54. The van der Waals surface area contributed by atoms with Crippen molar-refractivity contribution in [1.82, 2.24) is 10.3 Å². The Balaban J connectivity index is 1.92. The van der Waals surface area contributed by atoms with Gasteiger partial charge in [-0.3, -0.25) is 0 Å². The standard InChI is InChI=1S/C11H16BrN3/c12-9-4-5-11(14-7-9)15-10-3-1-2-6-13-8-10/h4-5,7,10,13H,1-3,6,8H2,(H,14,15). The highest BCUT2D eigenvalue weighted by atomic mass is 79.9. The van der Waals surface area contributed by atoms with Crippen molar-refractivity contribution in [1.29, 1.82) is 0 Å². The average molecular weight is 270 g/mol. The van der Waals surface area contributed by atoms with Crippen LogP contribution in [0.4, 0.5) is 5.82 Å². The van der Waals surface area contributed by atoms with Gasteiger partial charge in [0.1, 0.15) is 5.82 Å². The van der Waals surface area contributed by atoms with E-state index in [1.807, 2.05) is 18.3 Å². The molecule has 1 atom stereocenters. The van der Waals surface area contributed by atoms with Crippen LogP contribution in [0.15, 0.2) is 22.8 Å². The maximum absolute atomic E-state index is 4.32. The number of rotatable bonds is 2. The molecule has 1 fully saturated rings. The predicted molar refractivity (Wildman–Crippen MR) is 66.1 cm³/mol. The zero-order valence-electron chi connectivity index (χ0n) is 8.67. The number of halogens is 1. The molecule has 82 valence electrons. The van der Waals surface area contributed by atoms with Crippen molar-refractivity contribution in [3.63, 3.8) is 0 Å². The molecule has 1 saturated heterocycles. The lowest BCUT2D eigenvalue weighted by molar-refractivity contribution is 0.634. The van der Waals surface area contributed by atoms with Crippen LogP contribution in [-0.2, 0) is 0 Å². The second kappa shape index (κ2) is 5.47. The maximum atomic E-state index is 4.32. The van der Waals surface area contributed by atoms with Gasteiger partial charge in [-0.25, -0.2) is 4.98 Å². The van der Waals surface area contributed by atoms with E-state index in [1.165, 1.54) is 19.3 Å². The molecule has 0 saturated carbocycles. The molecule has 2 N–H and O–H groups in total. The van der Waals surface area contributed by atoms with Crippen molar-refractivity contribution in [2.75, 3.05) is 18.4 Å². The molecule has 1 unspecified atom stereocenters. The first kappa shape index (κ1) is 10.9. The predicted octanol–water partition coefficient (Wildman–Crippen LogP) is 2.40. The number of hydrogen-bond acceptors (Lipinski definition) is 3. The van der Waals surface area contributed by atoms with Crippen LogP contribution >= 0.6 is 15.9 Å². The van der Waals surface area contributed by atoms with Crippen LogP contribution in [0.2, 0.25) is 0 Å². The van der Waals surface area contributed by atoms with Gasteiger partial charge in [-0.05, 0) is 47.4 Å². The molecule has 2 heterocycles. The van der Waals surface area contributed by atoms with Gasteiger partial charge in [0.25, 0.3) is 0 Å². The Bertz CT molecular complexity index is 291. The monoisotopic (exact) mass is 269 g/mol. The maximum Gasteiger partial charge on any atom is 0.126 e. The zero-order chi connectivity index (χ0) is 10.5. The van der Waals surface area contributed by atoms with Gasteiger partial charge < -0.3 is 10.6 Å². The third kappa shape index (κ3) is 3.47. The zero-order valence-corrected chi connectivity index (χ0v) is 10.3. The SMILES string of the molecule is Brc1ccc(NC2CCCCNC2)nc1. The van der Waals surface area contributed by atoms with Gasteiger partial charge in [-0.1, -0.05) is 6.42 Å². The molecular weight excluding hydrogens is 254 g/mol. The number of nitrogens with zero attached hydrogens (tertiary/aromatic N) is 1. The highest BCUT2D eigenvalue weighted by Gasteiger charge is 2.11. The summed E-state index contributed by atoms with van der Waals surface area (Å²) in [6.45, 7) is 2.18. The largest absolute Gasteiger partial charge is 0.366 e. The highest BCUT2D eigenvalue weighted by Crippen LogP contribution is 2.13. The lowest BCUT2D eigenvalue weighted by Gasteiger charge is -2.16. The summed E-state index contributed by atoms with van der Waals surface area (Å²) < 4.78 is 1.02. The smallest absolute Gasteiger partial charge is 0.126 e. The van der Waals surface area contributed by atoms with Crippen LogP contribution < -0.4 is 10.6 Å². The molecule has 0 spiro atoms. The summed E-state index contributed by atoms with van der Waals surface area (Å²) in [6.07, 6.45) is 5.63. The van der Waals surface area contributed by atoms with Gasteiger partial charge in [0.05, 0.1) is 0 Å². The van der Waals surface area contributed by atoms with E-state index in [-0.39, 0.29) is 0 Å². The number of aromatic nitrogens is 1. The molecule has 1 aromatic rings. The summed E-state index contributed by atoms with van der Waals surface area (Å²) in [5, 5.41) is 6.88. The summed E-state index contributed by atoms with van der Waals surface area (Å²) in [5.41, 5.74) is 0. The van der Waals surface area contributed by atoms with Crippen LogP contribution in [0.25, 0.3) is 0 Å². The van der Waals surface area contributed by atoms with Gasteiger partial charge in [0.2, 0.25) is 0 Å². The number of nitrogens with one attached hydrogen (secondary N) is 2. The van der Waals surface area contributed by atoms with Gasteiger partial charge in [-0.15, -0.1) is 0 Å². The van der Waals surface area contributed by atoms with Crippen LogP contribution in [-0.4, -0.2) is 24.1 Å². The van der Waals surface area contributed by atoms with Crippen molar-refractivity contribution < 1.29 is 0 Å². The van der Waals surface area contributed by atoms with E-state index in [9.17, 15) is 0 Å². The van der Waals surface area contributed by atoms with Gasteiger partial charge in [0.15, 0.2) is 0 Å². The fraction of sp³-hybridized carbons (Fsp3) is 0.545. The molecule has 0 bridgehead atoms. The first-order chi connectivity index (χ1) is 7.34. The molecule has 2 rings (SSSR count). The Morgan fingerprint density at radius 1 is 1.40 bits per heavy atom. The lowest BCUT2D eigenvalue weighted by atomic mass is 10.1. The van der Waals surface area contributed by atoms with E-state index in [0.29, 0.717) is 6.04 Å². The molecule has 0 radical (unpaired) electrons. The second-order valence-corrected chi connectivity index (χ2v) is 4.82. The molecule has 0 aliphatic carbocycles. The number of hydrogen-bond donors (Lipinski definition) is 2. The Hall–Kier alpha value is -0.610. The molecule has 0 aromatic carbocycles. The fourth-order valence-corrected chi connectivity index (χ4v) is 2.05. The minimum atomic E-state index is 0.515. The van der Waals surface area contributed by atoms with E-state index < -0.39 is 0 Å². The van der Waals surface area contributed by atoms with Gasteiger partial charge in [-0.2, -0.15) is 0 Å². The Kier molecular flexibility index (Phi) is 3.97. The molecule has 1 aliphatic heterocycles. The molecule has 1 aromatic heterocycles. The third-order valence-electron chi connectivity index (χ3n) is 2.63. The molecule has 3 nitrogen and oxygen atoms in total. The van der Waals surface area contributed by atoms with Crippen molar-refractivity contribution in [2.24, 2.45) is 0 Å². The molecular formula is C11H16BrN3. The van der Waals surface area contributed by atoms with E-state index in [1.54, 1.807) is 0 Å². The van der Waals surface area contributed by atoms with E-state index in [0.717, 1.165) is 23.4 Å². The third-order valence-corrected chi connectivity index (χ3v) is 3.10. The molecule has 4 heteroatoms. The van der Waals surface area contributed by atoms with Crippen molar-refractivity contribution in [3.05, 3.63) is 22.8 Å². The first-order valence-corrected chi connectivity index (χ1v) is 6.23. The van der Waals surface area contributed by atoms with Crippen LogP contribution in [0.5, 0.6) is 0 Å². The molecule has 15 heavy (non-hydrogen) atoms. The van der Waals surface area contributed by atoms with Crippen LogP contribution in [0, 0.1) is 0 Å². The molecule has 0 amide bonds. The van der Waals surface area contributed by atoms with E-state index in [2.05, 4.69) is 31.5 Å².